The first-order valence-electron chi connectivity index (χ1n) is 22.1. The molecule has 2 aliphatic rings. The highest BCUT2D eigenvalue weighted by Crippen LogP contribution is 2.45. The Balaban J connectivity index is 0.00000104. The van der Waals surface area contributed by atoms with Crippen LogP contribution in [0.5, 0.6) is 0 Å². The Morgan fingerprint density at radius 1 is 0.924 bits per heavy atom. The summed E-state index contributed by atoms with van der Waals surface area (Å²) in [7, 11) is 3.08. The van der Waals surface area contributed by atoms with E-state index in [0.717, 1.165) is 94.7 Å². The van der Waals surface area contributed by atoms with E-state index in [-0.39, 0.29) is 49.6 Å². The number of rotatable bonds is 14. The lowest BCUT2D eigenvalue weighted by Gasteiger charge is -2.26. The fraction of sp³-hybridized carbons (Fsp3) is 0.431. The fourth-order valence-electron chi connectivity index (χ4n) is 7.42. The molecule has 3 amide bonds. The Kier molecular flexibility index (Phi) is 23.6. The number of terminal acetylenes is 1. The molecular weight excluding hydrogens is 835 g/mol. The van der Waals surface area contributed by atoms with Gasteiger partial charge in [-0.3, -0.25) is 14.4 Å². The topological polar surface area (TPSA) is 209 Å². The average molecular weight is 906 g/mol. The number of methoxy groups -OCH3 is 1. The van der Waals surface area contributed by atoms with Gasteiger partial charge in [-0.15, -0.1) is 12.8 Å². The molecule has 2 atom stereocenters. The summed E-state index contributed by atoms with van der Waals surface area (Å²) in [6.07, 6.45) is 18.6. The zero-order valence-electron chi connectivity index (χ0n) is 38.9. The minimum atomic E-state index is -0.626. The predicted molar refractivity (Wildman–Crippen MR) is 265 cm³/mol. The van der Waals surface area contributed by atoms with Crippen LogP contribution in [0.2, 0.25) is 0 Å². The van der Waals surface area contributed by atoms with Gasteiger partial charge >= 0.3 is 6.09 Å². The maximum atomic E-state index is 13.0. The van der Waals surface area contributed by atoms with E-state index in [9.17, 15) is 14.4 Å². The number of alkyl carbamates (subject to hydrolysis) is 1. The second-order valence-corrected chi connectivity index (χ2v) is 16.1. The number of imidazole rings is 2. The van der Waals surface area contributed by atoms with Crippen molar-refractivity contribution in [1.82, 2.24) is 40.4 Å². The number of carboxylic acid groups (broad SMARTS) is 1. The van der Waals surface area contributed by atoms with E-state index in [4.69, 9.17) is 20.3 Å². The maximum absolute atomic E-state index is 13.0. The van der Waals surface area contributed by atoms with Gasteiger partial charge in [-0.2, -0.15) is 0 Å². The molecule has 66 heavy (non-hydrogen) atoms. The fourth-order valence-corrected chi connectivity index (χ4v) is 7.42. The van der Waals surface area contributed by atoms with Crippen LogP contribution < -0.4 is 10.6 Å². The molecule has 0 bridgehead atoms. The number of likely N-dealkylation sites (tertiary alicyclic amines) is 1. The van der Waals surface area contributed by atoms with Crippen molar-refractivity contribution in [3.63, 3.8) is 0 Å². The molecular formula is C51H71N9O6. The maximum Gasteiger partial charge on any atom is 0.407 e. The Bertz CT molecular complexity index is 2300. The number of H-pyrrole nitrogens is 2. The largest absolute Gasteiger partial charge is 0.483 e. The molecule has 356 valence electrons. The summed E-state index contributed by atoms with van der Waals surface area (Å²) in [6.45, 7) is 12.3. The van der Waals surface area contributed by atoms with Gasteiger partial charge in [0.05, 0.1) is 50.0 Å². The molecule has 6 N–H and O–H groups in total. The molecule has 15 nitrogen and oxygen atoms in total. The van der Waals surface area contributed by atoms with Gasteiger partial charge in [0.25, 0.3) is 6.47 Å². The SMILES string of the molecule is C.C#C.CCC.CCC=N.CC[C@@H]1CCN(C(=O)CNC(=O)OC)[C@@H]1c1ncc(-c2ccc(-c3ccc4cc(-c5cnc(CN(CC6(C)CC6)C(=O)CNC)[nH]5)ccc4c3)cc2)[nH]1.O=CO. The summed E-state index contributed by atoms with van der Waals surface area (Å²) in [6, 6.07) is 21.1. The van der Waals surface area contributed by atoms with Crippen molar-refractivity contribution in [3.8, 4) is 46.5 Å². The number of carbonyl (C=O) groups excluding carboxylic acids is 3. The van der Waals surface area contributed by atoms with Gasteiger partial charge in [-0.05, 0) is 89.9 Å². The number of aromatic nitrogens is 4. The molecule has 0 unspecified atom stereocenters. The van der Waals surface area contributed by atoms with Crippen LogP contribution in [0.4, 0.5) is 4.79 Å². The zero-order valence-corrected chi connectivity index (χ0v) is 38.9. The van der Waals surface area contributed by atoms with E-state index in [1.54, 1.807) is 7.05 Å². The number of nitrogens with zero attached hydrogens (tertiary/aromatic N) is 4. The molecule has 15 heteroatoms. The van der Waals surface area contributed by atoms with Crippen molar-refractivity contribution < 1.29 is 29.0 Å². The number of nitrogens with one attached hydrogen (secondary N) is 5. The number of benzene rings is 3. The van der Waals surface area contributed by atoms with Gasteiger partial charge < -0.3 is 45.7 Å². The number of hydrogen-bond donors (Lipinski definition) is 6. The van der Waals surface area contributed by atoms with Gasteiger partial charge in [0, 0.05) is 18.7 Å². The van der Waals surface area contributed by atoms with Crippen LogP contribution in [-0.2, 0) is 25.7 Å². The van der Waals surface area contributed by atoms with Crippen molar-refractivity contribution in [2.24, 2.45) is 11.3 Å². The van der Waals surface area contributed by atoms with E-state index in [2.05, 4.69) is 132 Å². The minimum Gasteiger partial charge on any atom is -0.483 e. The Labute approximate surface area is 391 Å². The van der Waals surface area contributed by atoms with Gasteiger partial charge in [-0.1, -0.05) is 103 Å². The Hall–Kier alpha value is -6.79. The number of ether oxygens (including phenoxy) is 1. The van der Waals surface area contributed by atoms with Crippen LogP contribution in [0.1, 0.15) is 98.3 Å². The molecule has 3 aromatic carbocycles. The molecule has 0 spiro atoms. The van der Waals surface area contributed by atoms with Crippen molar-refractivity contribution in [3.05, 3.63) is 84.7 Å². The molecule has 1 saturated heterocycles. The van der Waals surface area contributed by atoms with E-state index < -0.39 is 6.09 Å². The van der Waals surface area contributed by atoms with Crippen LogP contribution >= 0.6 is 0 Å². The summed E-state index contributed by atoms with van der Waals surface area (Å²) in [5.41, 5.74) is 6.30. The molecule has 1 saturated carbocycles. The second-order valence-electron chi connectivity index (χ2n) is 16.1. The summed E-state index contributed by atoms with van der Waals surface area (Å²) in [5, 5.41) is 21.0. The monoisotopic (exact) mass is 906 g/mol. The average Bonchev–Trinajstić information content (AvgIpc) is 3.72. The van der Waals surface area contributed by atoms with Crippen LogP contribution in [0.15, 0.2) is 73.1 Å². The summed E-state index contributed by atoms with van der Waals surface area (Å²) >= 11 is 0. The number of likely N-dealkylation sites (N-methyl/N-ethyl adjacent to an activating group) is 1. The highest BCUT2D eigenvalue weighted by atomic mass is 16.5. The minimum absolute atomic E-state index is 0. The molecule has 2 aromatic heterocycles. The van der Waals surface area contributed by atoms with Crippen molar-refractivity contribution in [2.75, 3.05) is 40.3 Å². The smallest absolute Gasteiger partial charge is 0.407 e. The molecule has 1 aliphatic carbocycles. The first-order valence-corrected chi connectivity index (χ1v) is 22.1. The summed E-state index contributed by atoms with van der Waals surface area (Å²) in [5.74, 6) is 1.74. The highest BCUT2D eigenvalue weighted by molar-refractivity contribution is 5.90. The van der Waals surface area contributed by atoms with E-state index >= 15 is 0 Å². The normalized spacial score (nSPS) is 15.0. The van der Waals surface area contributed by atoms with Crippen LogP contribution in [0.25, 0.3) is 44.4 Å². The van der Waals surface area contributed by atoms with Crippen molar-refractivity contribution in [2.45, 2.75) is 93.2 Å². The molecule has 3 heterocycles. The van der Waals surface area contributed by atoms with Gasteiger partial charge in [-0.25, -0.2) is 14.8 Å². The molecule has 0 radical (unpaired) electrons. The number of hydrogen-bond acceptors (Lipinski definition) is 9. The van der Waals surface area contributed by atoms with Crippen molar-refractivity contribution in [1.29, 1.82) is 5.41 Å². The van der Waals surface area contributed by atoms with Crippen LogP contribution in [0, 0.1) is 29.6 Å². The predicted octanol–water partition coefficient (Wildman–Crippen LogP) is 9.34. The van der Waals surface area contributed by atoms with Gasteiger partial charge in [0.1, 0.15) is 18.2 Å². The van der Waals surface area contributed by atoms with E-state index in [1.807, 2.05) is 29.1 Å². The first kappa shape index (κ1) is 55.3. The lowest BCUT2D eigenvalue weighted by Crippen LogP contribution is -2.40. The third-order valence-electron chi connectivity index (χ3n) is 11.0. The first-order chi connectivity index (χ1) is 31.4. The van der Waals surface area contributed by atoms with E-state index in [0.29, 0.717) is 19.6 Å². The number of amides is 3. The van der Waals surface area contributed by atoms with Gasteiger partial charge in [0.2, 0.25) is 11.8 Å². The Morgan fingerprint density at radius 2 is 1.47 bits per heavy atom. The lowest BCUT2D eigenvalue weighted by atomic mass is 9.97. The van der Waals surface area contributed by atoms with Crippen molar-refractivity contribution >= 4 is 41.4 Å². The standard InChI is InChI=1S/C41H48N8O4.C3H7N.C3H8.C2H2.CH2O2.CH4/c1-5-26-14-17-49(37(51)23-45-40(52)53-4)38(26)39-44-21-33(47-39)28-8-6-27(7-9-28)29-10-11-31-19-32(13-12-30(31)18-29)34-20-43-35(46-34)24-48(36(50)22-42-3)25-41(2)15-16-41;1-2-3-4;1-3-2;1-2;2-1-3;/h6-13,18-21,26,38,42H,5,14-17,22-25H2,1-4H3,(H,43,46)(H,44,47)(H,45,52);3-4H,2H2,1H3;3H2,1-2H3;1-2H;1H,(H,2,3);1H4/t26-,38+;;;;;/m1...../s1. The van der Waals surface area contributed by atoms with Crippen LogP contribution in [0.3, 0.4) is 0 Å². The number of aromatic amines is 2. The number of fused-ring (bicyclic) bond motifs is 1. The molecule has 7 rings (SSSR count). The zero-order chi connectivity index (χ0) is 47.9. The second kappa shape index (κ2) is 28.2. The third-order valence-corrected chi connectivity index (χ3v) is 11.0. The Morgan fingerprint density at radius 3 is 2.03 bits per heavy atom. The quantitative estimate of drug-likeness (QED) is 0.0356. The molecule has 5 aromatic rings. The van der Waals surface area contributed by atoms with E-state index in [1.165, 1.54) is 19.7 Å². The highest BCUT2D eigenvalue weighted by Gasteiger charge is 2.40. The lowest BCUT2D eigenvalue weighted by molar-refractivity contribution is -0.132. The molecule has 1 aliphatic heterocycles. The summed E-state index contributed by atoms with van der Waals surface area (Å²) in [4.78, 5) is 65.8. The summed E-state index contributed by atoms with van der Waals surface area (Å²) < 4.78 is 4.62. The van der Waals surface area contributed by atoms with Gasteiger partial charge in [0.15, 0.2) is 0 Å². The third kappa shape index (κ3) is 15.7. The molecule has 2 fully saturated rings. The number of carbonyl (C=O) groups is 4. The van der Waals surface area contributed by atoms with Crippen LogP contribution in [-0.4, -0.2) is 106 Å².